The van der Waals surface area contributed by atoms with Gasteiger partial charge in [-0.2, -0.15) is 0 Å². The van der Waals surface area contributed by atoms with Gasteiger partial charge in [0.15, 0.2) is 0 Å². The van der Waals surface area contributed by atoms with Crippen LogP contribution in [0.15, 0.2) is 24.7 Å². The predicted octanol–water partition coefficient (Wildman–Crippen LogP) is 2.54. The summed E-state index contributed by atoms with van der Waals surface area (Å²) >= 11 is 0. The lowest BCUT2D eigenvalue weighted by Crippen LogP contribution is -2.26. The molecular weight excluding hydrogens is 286 g/mol. The maximum Gasteiger partial charge on any atom is 0.0756 e. The van der Waals surface area contributed by atoms with Crippen LogP contribution in [-0.4, -0.2) is 32.9 Å². The third-order valence-corrected chi connectivity index (χ3v) is 3.98. The van der Waals surface area contributed by atoms with E-state index in [2.05, 4.69) is 39.8 Å². The van der Waals surface area contributed by atoms with Crippen LogP contribution >= 0.6 is 0 Å². The van der Waals surface area contributed by atoms with Crippen molar-refractivity contribution in [3.8, 4) is 0 Å². The molecule has 0 atom stereocenters. The van der Waals surface area contributed by atoms with Gasteiger partial charge in [0.05, 0.1) is 17.1 Å². The van der Waals surface area contributed by atoms with E-state index in [4.69, 9.17) is 5.73 Å². The predicted molar refractivity (Wildman–Crippen MR) is 92.9 cm³/mol. The number of unbranched alkanes of at least 4 members (excludes halogenated alkanes) is 1. The molecule has 0 aliphatic rings. The van der Waals surface area contributed by atoms with E-state index < -0.39 is 0 Å². The zero-order valence-electron chi connectivity index (χ0n) is 14.4. The first-order chi connectivity index (χ1) is 11.1. The lowest BCUT2D eigenvalue weighted by atomic mass is 10.1. The molecule has 2 aromatic rings. The van der Waals surface area contributed by atoms with Crippen LogP contribution in [0.5, 0.6) is 0 Å². The van der Waals surface area contributed by atoms with Crippen LogP contribution in [-0.2, 0) is 13.1 Å². The molecule has 0 spiro atoms. The van der Waals surface area contributed by atoms with Crippen LogP contribution in [0.3, 0.4) is 0 Å². The summed E-state index contributed by atoms with van der Waals surface area (Å²) in [5.41, 5.74) is 11.2. The monoisotopic (exact) mass is 313 g/mol. The van der Waals surface area contributed by atoms with Crippen molar-refractivity contribution in [3.63, 3.8) is 0 Å². The molecule has 0 fully saturated rings. The SMILES string of the molecule is Cc1cnc(CN(CCCCN)Cc2nccnc2C)c(C)c1. The van der Waals surface area contributed by atoms with Crippen LogP contribution in [0.1, 0.15) is 41.1 Å². The number of pyridine rings is 1. The summed E-state index contributed by atoms with van der Waals surface area (Å²) < 4.78 is 0. The summed E-state index contributed by atoms with van der Waals surface area (Å²) in [6, 6.07) is 2.19. The summed E-state index contributed by atoms with van der Waals surface area (Å²) in [5, 5.41) is 0. The minimum atomic E-state index is 0.736. The highest BCUT2D eigenvalue weighted by atomic mass is 15.1. The topological polar surface area (TPSA) is 67.9 Å². The van der Waals surface area contributed by atoms with E-state index in [9.17, 15) is 0 Å². The molecule has 5 nitrogen and oxygen atoms in total. The molecule has 5 heteroatoms. The first-order valence-electron chi connectivity index (χ1n) is 8.21. The van der Waals surface area contributed by atoms with Crippen molar-refractivity contribution < 1.29 is 0 Å². The molecule has 2 rings (SSSR count). The molecule has 0 bridgehead atoms. The van der Waals surface area contributed by atoms with Gasteiger partial charge in [-0.15, -0.1) is 0 Å². The van der Waals surface area contributed by atoms with Gasteiger partial charge < -0.3 is 5.73 Å². The van der Waals surface area contributed by atoms with Gasteiger partial charge in [-0.25, -0.2) is 0 Å². The lowest BCUT2D eigenvalue weighted by Gasteiger charge is -2.23. The second-order valence-electron chi connectivity index (χ2n) is 6.07. The maximum atomic E-state index is 5.63. The quantitative estimate of drug-likeness (QED) is 0.759. The highest BCUT2D eigenvalue weighted by Gasteiger charge is 2.12. The standard InChI is InChI=1S/C18H27N5/c1-14-10-15(2)17(22-11-14)12-23(9-5-4-6-19)13-18-16(3)20-7-8-21-18/h7-8,10-11H,4-6,9,12-13,19H2,1-3H3. The van der Waals surface area contributed by atoms with Crippen molar-refractivity contribution in [3.05, 3.63) is 52.9 Å². The van der Waals surface area contributed by atoms with Crippen molar-refractivity contribution in [2.45, 2.75) is 46.7 Å². The van der Waals surface area contributed by atoms with Crippen molar-refractivity contribution in [1.82, 2.24) is 19.9 Å². The molecule has 0 amide bonds. The summed E-state index contributed by atoms with van der Waals surface area (Å²) in [5.74, 6) is 0. The number of nitrogens with two attached hydrogens (primary N) is 1. The van der Waals surface area contributed by atoms with Crippen LogP contribution in [0.4, 0.5) is 0 Å². The number of aryl methyl sites for hydroxylation is 3. The Hall–Kier alpha value is -1.85. The molecule has 2 heterocycles. The number of hydrogen-bond acceptors (Lipinski definition) is 5. The molecule has 0 aromatic carbocycles. The van der Waals surface area contributed by atoms with Crippen molar-refractivity contribution in [2.24, 2.45) is 5.73 Å². The normalized spacial score (nSPS) is 11.2. The van der Waals surface area contributed by atoms with Gasteiger partial charge in [0.2, 0.25) is 0 Å². The second kappa shape index (κ2) is 8.70. The zero-order chi connectivity index (χ0) is 16.7. The van der Waals surface area contributed by atoms with Gasteiger partial charge in [0.25, 0.3) is 0 Å². The number of nitrogens with zero attached hydrogens (tertiary/aromatic N) is 4. The van der Waals surface area contributed by atoms with Gasteiger partial charge in [-0.05, 0) is 57.8 Å². The Morgan fingerprint density at radius 2 is 1.70 bits per heavy atom. The average Bonchev–Trinajstić information content (AvgIpc) is 2.52. The van der Waals surface area contributed by atoms with Gasteiger partial charge in [-0.3, -0.25) is 19.9 Å². The van der Waals surface area contributed by atoms with Gasteiger partial charge in [0.1, 0.15) is 0 Å². The van der Waals surface area contributed by atoms with Crippen molar-refractivity contribution in [2.75, 3.05) is 13.1 Å². The summed E-state index contributed by atoms with van der Waals surface area (Å²) in [7, 11) is 0. The Labute approximate surface area is 139 Å². The fourth-order valence-electron chi connectivity index (χ4n) is 2.62. The molecule has 2 N–H and O–H groups in total. The van der Waals surface area contributed by atoms with Crippen LogP contribution < -0.4 is 5.73 Å². The van der Waals surface area contributed by atoms with Crippen LogP contribution in [0.2, 0.25) is 0 Å². The van der Waals surface area contributed by atoms with E-state index in [1.165, 1.54) is 11.1 Å². The molecule has 0 saturated heterocycles. The Balaban J connectivity index is 2.11. The smallest absolute Gasteiger partial charge is 0.0756 e. The van der Waals surface area contributed by atoms with E-state index >= 15 is 0 Å². The van der Waals surface area contributed by atoms with E-state index in [-0.39, 0.29) is 0 Å². The van der Waals surface area contributed by atoms with Crippen molar-refractivity contribution >= 4 is 0 Å². The molecule has 124 valence electrons. The average molecular weight is 313 g/mol. The van der Waals surface area contributed by atoms with E-state index in [1.54, 1.807) is 12.4 Å². The molecule has 0 aliphatic carbocycles. The Morgan fingerprint density at radius 1 is 0.957 bits per heavy atom. The van der Waals surface area contributed by atoms with Gasteiger partial charge >= 0.3 is 0 Å². The molecule has 0 radical (unpaired) electrons. The molecule has 2 aromatic heterocycles. The number of rotatable bonds is 8. The molecule has 0 aliphatic heterocycles. The minimum Gasteiger partial charge on any atom is -0.330 e. The Morgan fingerprint density at radius 3 is 2.39 bits per heavy atom. The zero-order valence-corrected chi connectivity index (χ0v) is 14.4. The number of hydrogen-bond donors (Lipinski definition) is 1. The third kappa shape index (κ3) is 5.37. The minimum absolute atomic E-state index is 0.736. The Bertz CT molecular complexity index is 627. The van der Waals surface area contributed by atoms with Gasteiger partial charge in [-0.1, -0.05) is 6.07 Å². The molecular formula is C18H27N5. The first-order valence-corrected chi connectivity index (χ1v) is 8.21. The highest BCUT2D eigenvalue weighted by molar-refractivity contribution is 5.23. The molecule has 23 heavy (non-hydrogen) atoms. The van der Waals surface area contributed by atoms with E-state index in [1.807, 2.05) is 13.1 Å². The summed E-state index contributed by atoms with van der Waals surface area (Å²) in [6.45, 7) is 9.55. The van der Waals surface area contributed by atoms with Crippen molar-refractivity contribution in [1.29, 1.82) is 0 Å². The highest BCUT2D eigenvalue weighted by Crippen LogP contribution is 2.13. The fraction of sp³-hybridized carbons (Fsp3) is 0.500. The van der Waals surface area contributed by atoms with E-state index in [0.29, 0.717) is 0 Å². The van der Waals surface area contributed by atoms with Crippen LogP contribution in [0.25, 0.3) is 0 Å². The van der Waals surface area contributed by atoms with Gasteiger partial charge in [0, 0.05) is 31.7 Å². The maximum absolute atomic E-state index is 5.63. The largest absolute Gasteiger partial charge is 0.330 e. The fourth-order valence-corrected chi connectivity index (χ4v) is 2.62. The summed E-state index contributed by atoms with van der Waals surface area (Å²) in [6.07, 6.45) is 7.56. The second-order valence-corrected chi connectivity index (χ2v) is 6.07. The summed E-state index contributed by atoms with van der Waals surface area (Å²) in [4.78, 5) is 15.8. The Kier molecular flexibility index (Phi) is 6.62. The third-order valence-electron chi connectivity index (χ3n) is 3.98. The number of aromatic nitrogens is 3. The van der Waals surface area contributed by atoms with E-state index in [0.717, 1.165) is 56.1 Å². The van der Waals surface area contributed by atoms with Crippen LogP contribution in [0, 0.1) is 20.8 Å². The molecule has 0 saturated carbocycles. The first kappa shape index (κ1) is 17.5. The lowest BCUT2D eigenvalue weighted by molar-refractivity contribution is 0.244. The molecule has 0 unspecified atom stereocenters.